The summed E-state index contributed by atoms with van der Waals surface area (Å²) in [4.78, 5) is 0. The van der Waals surface area contributed by atoms with Crippen LogP contribution in [0.5, 0.6) is 0 Å². The lowest BCUT2D eigenvalue weighted by Crippen LogP contribution is -2.01. The molecule has 2 heteroatoms. The summed E-state index contributed by atoms with van der Waals surface area (Å²) in [6.45, 7) is 4.68. The van der Waals surface area contributed by atoms with E-state index in [1.54, 1.807) is 6.08 Å². The van der Waals surface area contributed by atoms with Crippen LogP contribution in [0, 0.1) is 0 Å². The first-order valence-electron chi connectivity index (χ1n) is 4.40. The Morgan fingerprint density at radius 1 is 1.15 bits per heavy atom. The first kappa shape index (κ1) is 11.9. The van der Waals surface area contributed by atoms with Crippen LogP contribution >= 0.6 is 0 Å². The molecule has 0 unspecified atom stereocenters. The quantitative estimate of drug-likeness (QED) is 0.686. The zero-order chi connectivity index (χ0) is 9.94. The van der Waals surface area contributed by atoms with Gasteiger partial charge in [0, 0.05) is 6.54 Å². The normalized spacial score (nSPS) is 8.46. The van der Waals surface area contributed by atoms with Gasteiger partial charge in [0.15, 0.2) is 0 Å². The highest BCUT2D eigenvalue weighted by molar-refractivity contribution is 5.14. The van der Waals surface area contributed by atoms with Gasteiger partial charge in [-0.2, -0.15) is 0 Å². The Morgan fingerprint density at radius 2 is 1.69 bits per heavy atom. The second-order valence-corrected chi connectivity index (χ2v) is 2.55. The summed E-state index contributed by atoms with van der Waals surface area (Å²) in [5.41, 5.74) is 11.6. The molecule has 0 aliphatic heterocycles. The Balaban J connectivity index is 0.000000310. The molecule has 0 saturated carbocycles. The van der Waals surface area contributed by atoms with Crippen LogP contribution in [0.3, 0.4) is 0 Å². The van der Waals surface area contributed by atoms with Crippen molar-refractivity contribution < 1.29 is 0 Å². The molecule has 0 spiro atoms. The summed E-state index contributed by atoms with van der Waals surface area (Å²) < 4.78 is 0. The first-order valence-corrected chi connectivity index (χ1v) is 4.40. The average molecular weight is 178 g/mol. The topological polar surface area (TPSA) is 52.0 Å². The van der Waals surface area contributed by atoms with E-state index in [4.69, 9.17) is 11.5 Å². The van der Waals surface area contributed by atoms with E-state index in [9.17, 15) is 0 Å². The molecule has 0 aliphatic carbocycles. The molecule has 1 aromatic carbocycles. The molecule has 0 radical (unpaired) electrons. The molecule has 4 N–H and O–H groups in total. The third kappa shape index (κ3) is 7.25. The lowest BCUT2D eigenvalue weighted by atomic mass is 10.2. The van der Waals surface area contributed by atoms with E-state index in [-0.39, 0.29) is 0 Å². The minimum absolute atomic E-state index is 0.583. The lowest BCUT2D eigenvalue weighted by molar-refractivity contribution is 0.969. The van der Waals surface area contributed by atoms with Crippen molar-refractivity contribution >= 4 is 0 Å². The second-order valence-electron chi connectivity index (χ2n) is 2.55. The molecule has 1 rings (SSSR count). The maximum atomic E-state index is 5.36. The van der Waals surface area contributed by atoms with Crippen molar-refractivity contribution in [2.75, 3.05) is 13.1 Å². The van der Waals surface area contributed by atoms with Gasteiger partial charge in [0.25, 0.3) is 0 Å². The van der Waals surface area contributed by atoms with Crippen LogP contribution in [0.1, 0.15) is 5.56 Å². The molecule has 72 valence electrons. The van der Waals surface area contributed by atoms with Gasteiger partial charge in [-0.1, -0.05) is 36.4 Å². The highest BCUT2D eigenvalue weighted by Gasteiger charge is 1.84. The zero-order valence-corrected chi connectivity index (χ0v) is 7.95. The molecule has 2 nitrogen and oxygen atoms in total. The Hall–Kier alpha value is -1.12. The number of nitrogens with two attached hydrogens (primary N) is 2. The Bertz CT molecular complexity index is 207. The Labute approximate surface area is 80.3 Å². The fourth-order valence-electron chi connectivity index (χ4n) is 0.811. The average Bonchev–Trinajstić information content (AvgIpc) is 2.20. The molecule has 1 aromatic rings. The highest BCUT2D eigenvalue weighted by atomic mass is 14.5. The van der Waals surface area contributed by atoms with Crippen molar-refractivity contribution in [3.63, 3.8) is 0 Å². The van der Waals surface area contributed by atoms with E-state index >= 15 is 0 Å². The molecular weight excluding hydrogens is 160 g/mol. The minimum atomic E-state index is 0.583. The Kier molecular flexibility index (Phi) is 8.20. The lowest BCUT2D eigenvalue weighted by Gasteiger charge is -1.93. The van der Waals surface area contributed by atoms with Gasteiger partial charge >= 0.3 is 0 Å². The van der Waals surface area contributed by atoms with E-state index in [2.05, 4.69) is 18.7 Å². The van der Waals surface area contributed by atoms with Crippen molar-refractivity contribution in [2.45, 2.75) is 6.42 Å². The van der Waals surface area contributed by atoms with E-state index in [1.165, 1.54) is 5.56 Å². The van der Waals surface area contributed by atoms with Crippen LogP contribution in [-0.2, 0) is 6.42 Å². The van der Waals surface area contributed by atoms with E-state index in [1.807, 2.05) is 18.2 Å². The predicted octanol–water partition coefficient (Wildman–Crippen LogP) is 1.32. The van der Waals surface area contributed by atoms with Crippen LogP contribution < -0.4 is 11.5 Å². The molecule has 0 fully saturated rings. The molecule has 0 heterocycles. The molecule has 13 heavy (non-hydrogen) atoms. The maximum Gasteiger partial charge on any atom is 0.0104 e. The van der Waals surface area contributed by atoms with Gasteiger partial charge in [-0.05, 0) is 18.5 Å². The van der Waals surface area contributed by atoms with Crippen molar-refractivity contribution in [1.29, 1.82) is 0 Å². The van der Waals surface area contributed by atoms with Crippen LogP contribution in [0.25, 0.3) is 0 Å². The summed E-state index contributed by atoms with van der Waals surface area (Å²) in [7, 11) is 0. The SMILES string of the molecule is C=CCN.NCCc1ccccc1. The third-order valence-electron chi connectivity index (χ3n) is 1.44. The fourth-order valence-corrected chi connectivity index (χ4v) is 0.811. The van der Waals surface area contributed by atoms with Gasteiger partial charge in [-0.3, -0.25) is 0 Å². The molecule has 0 saturated heterocycles. The molecule has 0 atom stereocenters. The van der Waals surface area contributed by atoms with Gasteiger partial charge in [0.1, 0.15) is 0 Å². The van der Waals surface area contributed by atoms with Crippen molar-refractivity contribution in [2.24, 2.45) is 11.5 Å². The van der Waals surface area contributed by atoms with Crippen LogP contribution in [0.2, 0.25) is 0 Å². The summed E-state index contributed by atoms with van der Waals surface area (Å²) in [5, 5.41) is 0. The Morgan fingerprint density at radius 3 is 2.08 bits per heavy atom. The van der Waals surface area contributed by atoms with Crippen molar-refractivity contribution in [1.82, 2.24) is 0 Å². The minimum Gasteiger partial charge on any atom is -0.330 e. The van der Waals surface area contributed by atoms with E-state index < -0.39 is 0 Å². The van der Waals surface area contributed by atoms with Crippen LogP contribution in [-0.4, -0.2) is 13.1 Å². The van der Waals surface area contributed by atoms with Crippen LogP contribution in [0.4, 0.5) is 0 Å². The number of hydrogen-bond donors (Lipinski definition) is 2. The molecule has 0 aliphatic rings. The van der Waals surface area contributed by atoms with Gasteiger partial charge < -0.3 is 11.5 Å². The highest BCUT2D eigenvalue weighted by Crippen LogP contribution is 1.96. The maximum absolute atomic E-state index is 5.36. The number of rotatable bonds is 3. The summed E-state index contributed by atoms with van der Waals surface area (Å²) in [6.07, 6.45) is 2.64. The van der Waals surface area contributed by atoms with Crippen molar-refractivity contribution in [3.8, 4) is 0 Å². The van der Waals surface area contributed by atoms with E-state index in [0.717, 1.165) is 13.0 Å². The van der Waals surface area contributed by atoms with Crippen molar-refractivity contribution in [3.05, 3.63) is 48.6 Å². The van der Waals surface area contributed by atoms with Gasteiger partial charge in [-0.15, -0.1) is 6.58 Å². The van der Waals surface area contributed by atoms with Gasteiger partial charge in [0.2, 0.25) is 0 Å². The third-order valence-corrected chi connectivity index (χ3v) is 1.44. The number of benzene rings is 1. The second kappa shape index (κ2) is 8.97. The standard InChI is InChI=1S/C8H11N.C3H7N/c9-7-6-8-4-2-1-3-5-8;1-2-3-4/h1-5H,6-7,9H2;2H,1,3-4H2. The van der Waals surface area contributed by atoms with Gasteiger partial charge in [0.05, 0.1) is 0 Å². The largest absolute Gasteiger partial charge is 0.330 e. The molecular formula is C11H18N2. The van der Waals surface area contributed by atoms with Crippen LogP contribution in [0.15, 0.2) is 43.0 Å². The molecule has 0 aromatic heterocycles. The first-order chi connectivity index (χ1) is 6.35. The zero-order valence-electron chi connectivity index (χ0n) is 7.95. The monoisotopic (exact) mass is 178 g/mol. The van der Waals surface area contributed by atoms with Gasteiger partial charge in [-0.25, -0.2) is 0 Å². The predicted molar refractivity (Wildman–Crippen MR) is 58.5 cm³/mol. The number of hydrogen-bond acceptors (Lipinski definition) is 2. The fraction of sp³-hybridized carbons (Fsp3) is 0.273. The summed E-state index contributed by atoms with van der Waals surface area (Å²) in [5.74, 6) is 0. The summed E-state index contributed by atoms with van der Waals surface area (Å²) >= 11 is 0. The molecule has 0 amide bonds. The molecule has 0 bridgehead atoms. The smallest absolute Gasteiger partial charge is 0.0104 e. The van der Waals surface area contributed by atoms with E-state index in [0.29, 0.717) is 6.54 Å². The summed E-state index contributed by atoms with van der Waals surface area (Å²) in [6, 6.07) is 10.3.